The second-order valence-electron chi connectivity index (χ2n) is 2.91. The van der Waals surface area contributed by atoms with Crippen LogP contribution in [0.15, 0.2) is 0 Å². The minimum absolute atomic E-state index is 0.282. The molecule has 6 heteroatoms. The molecule has 1 fully saturated rings. The Morgan fingerprint density at radius 3 is 2.82 bits per heavy atom. The summed E-state index contributed by atoms with van der Waals surface area (Å²) < 4.78 is 0. The van der Waals surface area contributed by atoms with Crippen LogP contribution in [0.1, 0.15) is 24.8 Å². The van der Waals surface area contributed by atoms with Gasteiger partial charge in [0.2, 0.25) is 5.82 Å². The van der Waals surface area contributed by atoms with Crippen LogP contribution in [-0.4, -0.2) is 31.3 Å². The van der Waals surface area contributed by atoms with Crippen LogP contribution in [0.5, 0.6) is 0 Å². The third-order valence-electron chi connectivity index (χ3n) is 1.98. The van der Waals surface area contributed by atoms with Crippen molar-refractivity contribution in [3.63, 3.8) is 0 Å². The van der Waals surface area contributed by atoms with Gasteiger partial charge in [-0.2, -0.15) is 5.21 Å². The van der Waals surface area contributed by atoms with E-state index in [9.17, 15) is 5.11 Å². The Morgan fingerprint density at radius 2 is 2.36 bits per heavy atom. The lowest BCUT2D eigenvalue weighted by Gasteiger charge is -2.12. The molecule has 60 valence electrons. The highest BCUT2D eigenvalue weighted by molar-refractivity contribution is 5.10. The first kappa shape index (κ1) is 6.68. The summed E-state index contributed by atoms with van der Waals surface area (Å²) in [6.45, 7) is 0. The molecule has 0 saturated heterocycles. The molecule has 0 bridgehead atoms. The zero-order chi connectivity index (χ0) is 7.90. The van der Waals surface area contributed by atoms with Gasteiger partial charge in [-0.1, -0.05) is 5.21 Å². The maximum atomic E-state index is 9.50. The van der Waals surface area contributed by atoms with Crippen LogP contribution >= 0.6 is 0 Å². The fraction of sp³-hybridized carbons (Fsp3) is 0.800. The summed E-state index contributed by atoms with van der Waals surface area (Å²) in [7, 11) is 0. The molecular weight excluding hydrogens is 146 g/mol. The number of hydrogen-bond donors (Lipinski definition) is 3. The van der Waals surface area contributed by atoms with E-state index < -0.39 is 11.6 Å². The number of tetrazole rings is 1. The molecule has 0 radical (unpaired) electrons. The van der Waals surface area contributed by atoms with Gasteiger partial charge in [0.1, 0.15) is 6.10 Å². The second-order valence-corrected chi connectivity index (χ2v) is 2.91. The molecule has 0 aliphatic heterocycles. The standard InChI is InChI=1S/C5H9N5O/c6-5(1-2-5)3(11)4-7-9-10-8-4/h3,11H,1-2,6H2,(H,7,8,9,10). The van der Waals surface area contributed by atoms with Crippen molar-refractivity contribution >= 4 is 0 Å². The normalized spacial score (nSPS) is 23.1. The molecule has 1 aliphatic carbocycles. The number of aliphatic hydroxyl groups excluding tert-OH is 1. The summed E-state index contributed by atoms with van der Waals surface area (Å²) in [6.07, 6.45) is 0.868. The summed E-state index contributed by atoms with van der Waals surface area (Å²) in [4.78, 5) is 0. The molecule has 1 aromatic heterocycles. The van der Waals surface area contributed by atoms with E-state index in [0.717, 1.165) is 12.8 Å². The number of nitrogens with zero attached hydrogens (tertiary/aromatic N) is 3. The number of hydrogen-bond acceptors (Lipinski definition) is 5. The highest BCUT2D eigenvalue weighted by Gasteiger charge is 2.47. The molecule has 6 nitrogen and oxygen atoms in total. The summed E-state index contributed by atoms with van der Waals surface area (Å²) in [5.41, 5.74) is 5.21. The van der Waals surface area contributed by atoms with Gasteiger partial charge < -0.3 is 10.8 Å². The first-order valence-electron chi connectivity index (χ1n) is 3.43. The van der Waals surface area contributed by atoms with Crippen LogP contribution in [0.2, 0.25) is 0 Å². The number of nitrogens with one attached hydrogen (secondary N) is 1. The number of rotatable bonds is 2. The third kappa shape index (κ3) is 0.997. The van der Waals surface area contributed by atoms with Crippen molar-refractivity contribution in [2.75, 3.05) is 0 Å². The number of aromatic nitrogens is 4. The molecule has 0 spiro atoms. The Balaban J connectivity index is 2.17. The zero-order valence-electron chi connectivity index (χ0n) is 5.86. The van der Waals surface area contributed by atoms with Gasteiger partial charge in [0.05, 0.1) is 0 Å². The largest absolute Gasteiger partial charge is 0.383 e. The summed E-state index contributed by atoms with van der Waals surface area (Å²) in [6, 6.07) is 0. The minimum Gasteiger partial charge on any atom is -0.383 e. The van der Waals surface area contributed by atoms with E-state index >= 15 is 0 Å². The van der Waals surface area contributed by atoms with Gasteiger partial charge in [-0.15, -0.1) is 10.2 Å². The monoisotopic (exact) mass is 155 g/mol. The number of H-pyrrole nitrogens is 1. The molecule has 1 saturated carbocycles. The Morgan fingerprint density at radius 1 is 1.64 bits per heavy atom. The fourth-order valence-corrected chi connectivity index (χ4v) is 0.960. The average molecular weight is 155 g/mol. The molecule has 1 heterocycles. The van der Waals surface area contributed by atoms with Crippen molar-refractivity contribution in [3.8, 4) is 0 Å². The molecule has 1 unspecified atom stereocenters. The predicted molar refractivity (Wildman–Crippen MR) is 35.3 cm³/mol. The van der Waals surface area contributed by atoms with Gasteiger partial charge in [0, 0.05) is 5.54 Å². The molecule has 1 atom stereocenters. The third-order valence-corrected chi connectivity index (χ3v) is 1.98. The van der Waals surface area contributed by atoms with Gasteiger partial charge in [-0.3, -0.25) is 0 Å². The average Bonchev–Trinajstić information content (AvgIpc) is 2.54. The summed E-state index contributed by atoms with van der Waals surface area (Å²) in [5.74, 6) is 0.282. The Hall–Kier alpha value is -1.01. The van der Waals surface area contributed by atoms with Gasteiger partial charge >= 0.3 is 0 Å². The highest BCUT2D eigenvalue weighted by Crippen LogP contribution is 2.41. The van der Waals surface area contributed by atoms with Crippen LogP contribution < -0.4 is 5.73 Å². The van der Waals surface area contributed by atoms with Crippen LogP contribution in [0.3, 0.4) is 0 Å². The van der Waals surface area contributed by atoms with E-state index in [1.54, 1.807) is 0 Å². The van der Waals surface area contributed by atoms with Crippen molar-refractivity contribution in [2.24, 2.45) is 5.73 Å². The quantitative estimate of drug-likeness (QED) is 0.494. The topological polar surface area (TPSA) is 101 Å². The van der Waals surface area contributed by atoms with Crippen molar-refractivity contribution in [2.45, 2.75) is 24.5 Å². The predicted octanol–water partition coefficient (Wildman–Crippen LogP) is -1.28. The number of aliphatic hydroxyl groups is 1. The highest BCUT2D eigenvalue weighted by atomic mass is 16.3. The van der Waals surface area contributed by atoms with E-state index in [4.69, 9.17) is 5.73 Å². The molecule has 0 amide bonds. The van der Waals surface area contributed by atoms with Gasteiger partial charge in [-0.25, -0.2) is 0 Å². The van der Waals surface area contributed by atoms with Crippen LogP contribution in [0, 0.1) is 0 Å². The SMILES string of the molecule is NC1(C(O)c2nn[nH]n2)CC1. The molecular formula is C5H9N5O. The summed E-state index contributed by atoms with van der Waals surface area (Å²) in [5, 5.41) is 22.4. The summed E-state index contributed by atoms with van der Waals surface area (Å²) >= 11 is 0. The first-order chi connectivity index (χ1) is 5.22. The van der Waals surface area contributed by atoms with Crippen LogP contribution in [0.25, 0.3) is 0 Å². The lowest BCUT2D eigenvalue weighted by molar-refractivity contribution is 0.127. The van der Waals surface area contributed by atoms with Gasteiger partial charge in [0.25, 0.3) is 0 Å². The molecule has 0 aromatic carbocycles. The van der Waals surface area contributed by atoms with Gasteiger partial charge in [-0.05, 0) is 12.8 Å². The van der Waals surface area contributed by atoms with E-state index in [2.05, 4.69) is 20.6 Å². The van der Waals surface area contributed by atoms with Crippen molar-refractivity contribution in [1.82, 2.24) is 20.6 Å². The van der Waals surface area contributed by atoms with E-state index in [0.29, 0.717) is 0 Å². The molecule has 1 aliphatic rings. The van der Waals surface area contributed by atoms with Crippen molar-refractivity contribution in [3.05, 3.63) is 5.82 Å². The molecule has 11 heavy (non-hydrogen) atoms. The Labute approximate surface area is 62.8 Å². The lowest BCUT2D eigenvalue weighted by atomic mass is 10.1. The minimum atomic E-state index is -0.777. The van der Waals surface area contributed by atoms with Crippen molar-refractivity contribution < 1.29 is 5.11 Å². The van der Waals surface area contributed by atoms with E-state index in [1.807, 2.05) is 0 Å². The number of aromatic amines is 1. The zero-order valence-corrected chi connectivity index (χ0v) is 5.86. The smallest absolute Gasteiger partial charge is 0.204 e. The first-order valence-corrected chi connectivity index (χ1v) is 3.43. The number of nitrogens with two attached hydrogens (primary N) is 1. The fourth-order valence-electron chi connectivity index (χ4n) is 0.960. The lowest BCUT2D eigenvalue weighted by Crippen LogP contribution is -2.31. The van der Waals surface area contributed by atoms with E-state index in [-0.39, 0.29) is 5.82 Å². The van der Waals surface area contributed by atoms with Crippen LogP contribution in [-0.2, 0) is 0 Å². The maximum absolute atomic E-state index is 9.50. The molecule has 1 aromatic rings. The molecule has 4 N–H and O–H groups in total. The molecule has 2 rings (SSSR count). The van der Waals surface area contributed by atoms with Crippen molar-refractivity contribution in [1.29, 1.82) is 0 Å². The second kappa shape index (κ2) is 1.99. The van der Waals surface area contributed by atoms with Crippen LogP contribution in [0.4, 0.5) is 0 Å². The van der Waals surface area contributed by atoms with E-state index in [1.165, 1.54) is 0 Å². The Bertz CT molecular complexity index is 241. The van der Waals surface area contributed by atoms with Gasteiger partial charge in [0.15, 0.2) is 0 Å². The maximum Gasteiger partial charge on any atom is 0.204 e. The Kier molecular flexibility index (Phi) is 1.21.